The third-order valence-electron chi connectivity index (χ3n) is 3.56. The van der Waals surface area contributed by atoms with E-state index in [0.29, 0.717) is 5.92 Å². The first-order valence-corrected chi connectivity index (χ1v) is 8.13. The molecular weight excluding hydrogens is 288 g/mol. The number of benzene rings is 1. The van der Waals surface area contributed by atoms with Gasteiger partial charge in [-0.05, 0) is 42.5 Å². The zero-order chi connectivity index (χ0) is 14.1. The van der Waals surface area contributed by atoms with Crippen molar-refractivity contribution in [1.29, 1.82) is 0 Å². The molecule has 3 rings (SSSR count). The van der Waals surface area contributed by atoms with Gasteiger partial charge in [-0.2, -0.15) is 0 Å². The van der Waals surface area contributed by atoms with Gasteiger partial charge in [0.15, 0.2) is 0 Å². The van der Waals surface area contributed by atoms with Crippen LogP contribution in [0.2, 0.25) is 5.02 Å². The molecule has 0 radical (unpaired) electrons. The highest BCUT2D eigenvalue weighted by Gasteiger charge is 2.09. The van der Waals surface area contributed by atoms with Crippen LogP contribution in [0.5, 0.6) is 0 Å². The second-order valence-corrected chi connectivity index (χ2v) is 6.52. The average Bonchev–Trinajstić information content (AvgIpc) is 3.04. The van der Waals surface area contributed by atoms with Gasteiger partial charge in [0.2, 0.25) is 0 Å². The number of aryl methyl sites for hydroxylation is 2. The lowest BCUT2D eigenvalue weighted by molar-refractivity contribution is 0.836. The maximum Gasteiger partial charge on any atom is 0.0794 e. The lowest BCUT2D eigenvalue weighted by Crippen LogP contribution is -1.92. The molecule has 0 aliphatic heterocycles. The number of fused-ring (bicyclic) bond motifs is 1. The van der Waals surface area contributed by atoms with E-state index in [1.807, 2.05) is 5.51 Å². The zero-order valence-corrected chi connectivity index (χ0v) is 13.2. The number of H-pyrrole nitrogens is 1. The van der Waals surface area contributed by atoms with Gasteiger partial charge >= 0.3 is 0 Å². The Kier molecular flexibility index (Phi) is 3.81. The molecule has 104 valence electrons. The molecule has 0 atom stereocenters. The van der Waals surface area contributed by atoms with Gasteiger partial charge < -0.3 is 4.98 Å². The van der Waals surface area contributed by atoms with E-state index in [-0.39, 0.29) is 0 Å². The van der Waals surface area contributed by atoms with E-state index in [2.05, 4.69) is 47.4 Å². The average molecular weight is 305 g/mol. The summed E-state index contributed by atoms with van der Waals surface area (Å²) in [5, 5.41) is 4.14. The van der Waals surface area contributed by atoms with Crippen molar-refractivity contribution in [2.24, 2.45) is 0 Å². The normalized spacial score (nSPS) is 11.6. The second-order valence-electron chi connectivity index (χ2n) is 5.39. The smallest absolute Gasteiger partial charge is 0.0794 e. The molecule has 0 saturated carbocycles. The van der Waals surface area contributed by atoms with Crippen LogP contribution < -0.4 is 0 Å². The zero-order valence-electron chi connectivity index (χ0n) is 11.6. The van der Waals surface area contributed by atoms with Crippen molar-refractivity contribution in [3.63, 3.8) is 0 Å². The van der Waals surface area contributed by atoms with E-state index in [9.17, 15) is 0 Å². The van der Waals surface area contributed by atoms with Crippen molar-refractivity contribution in [3.8, 4) is 0 Å². The van der Waals surface area contributed by atoms with Gasteiger partial charge in [-0.25, -0.2) is 4.98 Å². The molecule has 1 aromatic carbocycles. The number of rotatable bonds is 4. The Morgan fingerprint density at radius 3 is 2.80 bits per heavy atom. The number of nitrogens with zero attached hydrogens (tertiary/aromatic N) is 1. The van der Waals surface area contributed by atoms with Crippen molar-refractivity contribution < 1.29 is 0 Å². The quantitative estimate of drug-likeness (QED) is 0.706. The number of aromatic amines is 1. The molecule has 20 heavy (non-hydrogen) atoms. The SMILES string of the molecule is CC(C)c1cc2cc(Cl)c(CCc3cscn3)cc2[nH]1. The lowest BCUT2D eigenvalue weighted by atomic mass is 10.1. The van der Waals surface area contributed by atoms with Crippen molar-refractivity contribution in [2.75, 3.05) is 0 Å². The molecule has 2 nitrogen and oxygen atoms in total. The van der Waals surface area contributed by atoms with Crippen LogP contribution in [0.4, 0.5) is 0 Å². The molecule has 0 unspecified atom stereocenters. The number of hydrogen-bond acceptors (Lipinski definition) is 2. The minimum atomic E-state index is 0.500. The fourth-order valence-corrected chi connectivity index (χ4v) is 3.21. The second kappa shape index (κ2) is 5.58. The monoisotopic (exact) mass is 304 g/mol. The number of hydrogen-bond donors (Lipinski definition) is 1. The van der Waals surface area contributed by atoms with Crippen LogP contribution in [0.1, 0.15) is 36.7 Å². The van der Waals surface area contributed by atoms with E-state index >= 15 is 0 Å². The molecule has 0 saturated heterocycles. The third-order valence-corrected chi connectivity index (χ3v) is 4.55. The summed E-state index contributed by atoms with van der Waals surface area (Å²) in [6, 6.07) is 6.43. The van der Waals surface area contributed by atoms with Crippen molar-refractivity contribution in [3.05, 3.63) is 51.1 Å². The Morgan fingerprint density at radius 2 is 2.10 bits per heavy atom. The molecule has 2 aromatic heterocycles. The van der Waals surface area contributed by atoms with Gasteiger partial charge in [0.1, 0.15) is 0 Å². The first-order chi connectivity index (χ1) is 9.63. The molecule has 0 spiro atoms. The van der Waals surface area contributed by atoms with Crippen LogP contribution in [-0.4, -0.2) is 9.97 Å². The summed E-state index contributed by atoms with van der Waals surface area (Å²) in [6.45, 7) is 4.38. The molecular formula is C16H17ClN2S. The Morgan fingerprint density at radius 1 is 1.25 bits per heavy atom. The van der Waals surface area contributed by atoms with Crippen LogP contribution in [0.25, 0.3) is 10.9 Å². The lowest BCUT2D eigenvalue weighted by Gasteiger charge is -2.04. The number of thiazole rings is 1. The fourth-order valence-electron chi connectivity index (χ4n) is 2.35. The summed E-state index contributed by atoms with van der Waals surface area (Å²) in [6.07, 6.45) is 1.86. The van der Waals surface area contributed by atoms with E-state index < -0.39 is 0 Å². The topological polar surface area (TPSA) is 28.7 Å². The molecule has 0 amide bonds. The summed E-state index contributed by atoms with van der Waals surface area (Å²) < 4.78 is 0. The Hall–Kier alpha value is -1.32. The predicted molar refractivity (Wildman–Crippen MR) is 86.9 cm³/mol. The van der Waals surface area contributed by atoms with E-state index in [0.717, 1.165) is 23.6 Å². The Bertz CT molecular complexity index is 713. The predicted octanol–water partition coefficient (Wildman–Crippen LogP) is 5.19. The van der Waals surface area contributed by atoms with Gasteiger partial charge in [-0.3, -0.25) is 0 Å². The third kappa shape index (κ3) is 2.74. The summed E-state index contributed by atoms with van der Waals surface area (Å²) in [4.78, 5) is 7.80. The summed E-state index contributed by atoms with van der Waals surface area (Å²) in [5.41, 5.74) is 6.63. The van der Waals surface area contributed by atoms with Gasteiger partial charge in [-0.15, -0.1) is 11.3 Å². The standard InChI is InChI=1S/C16H17ClN2S/c1-10(2)15-7-12-5-14(17)11(6-16(12)19-15)3-4-13-8-20-9-18-13/h5-10,19H,3-4H2,1-2H3. The molecule has 3 aromatic rings. The summed E-state index contributed by atoms with van der Waals surface area (Å²) in [7, 11) is 0. The minimum absolute atomic E-state index is 0.500. The van der Waals surface area contributed by atoms with Crippen LogP contribution in [0, 0.1) is 0 Å². The highest BCUT2D eigenvalue weighted by molar-refractivity contribution is 7.07. The molecule has 0 bridgehead atoms. The maximum absolute atomic E-state index is 6.40. The maximum atomic E-state index is 6.40. The van der Waals surface area contributed by atoms with Gasteiger partial charge in [0.25, 0.3) is 0 Å². The molecule has 0 fully saturated rings. The highest BCUT2D eigenvalue weighted by Crippen LogP contribution is 2.27. The van der Waals surface area contributed by atoms with E-state index in [4.69, 9.17) is 11.6 Å². The van der Waals surface area contributed by atoms with E-state index in [1.165, 1.54) is 22.2 Å². The van der Waals surface area contributed by atoms with Gasteiger partial charge in [-0.1, -0.05) is 25.4 Å². The Balaban J connectivity index is 1.88. The fraction of sp³-hybridized carbons (Fsp3) is 0.312. The van der Waals surface area contributed by atoms with E-state index in [1.54, 1.807) is 11.3 Å². The van der Waals surface area contributed by atoms with Crippen molar-refractivity contribution in [1.82, 2.24) is 9.97 Å². The minimum Gasteiger partial charge on any atom is -0.358 e. The summed E-state index contributed by atoms with van der Waals surface area (Å²) >= 11 is 8.04. The molecule has 2 heterocycles. The van der Waals surface area contributed by atoms with Gasteiger partial charge in [0.05, 0.1) is 11.2 Å². The van der Waals surface area contributed by atoms with Crippen molar-refractivity contribution >= 4 is 33.8 Å². The Labute approximate surface area is 127 Å². The molecule has 4 heteroatoms. The highest BCUT2D eigenvalue weighted by atomic mass is 35.5. The summed E-state index contributed by atoms with van der Waals surface area (Å²) in [5.74, 6) is 0.500. The molecule has 0 aliphatic rings. The first kappa shape index (κ1) is 13.7. The van der Waals surface area contributed by atoms with Gasteiger partial charge in [0, 0.05) is 27.0 Å². The van der Waals surface area contributed by atoms with Crippen LogP contribution in [0.15, 0.2) is 29.1 Å². The number of halogens is 1. The van der Waals surface area contributed by atoms with Crippen LogP contribution in [0.3, 0.4) is 0 Å². The molecule has 1 N–H and O–H groups in total. The van der Waals surface area contributed by atoms with Crippen LogP contribution in [-0.2, 0) is 12.8 Å². The van der Waals surface area contributed by atoms with Crippen molar-refractivity contribution in [2.45, 2.75) is 32.6 Å². The molecule has 0 aliphatic carbocycles. The first-order valence-electron chi connectivity index (χ1n) is 6.81. The number of nitrogens with one attached hydrogen (secondary N) is 1. The van der Waals surface area contributed by atoms with Crippen LogP contribution >= 0.6 is 22.9 Å². The number of aromatic nitrogens is 2. The largest absolute Gasteiger partial charge is 0.358 e.